The fourth-order valence-electron chi connectivity index (χ4n) is 3.43. The van der Waals surface area contributed by atoms with E-state index in [-0.39, 0.29) is 24.2 Å². The first-order chi connectivity index (χ1) is 11.1. The Balaban J connectivity index is 2.01. The number of hydrogen-bond acceptors (Lipinski definition) is 3. The van der Waals surface area contributed by atoms with Gasteiger partial charge in [-0.05, 0) is 25.3 Å². The van der Waals surface area contributed by atoms with Crippen LogP contribution in [-0.2, 0) is 15.0 Å². The van der Waals surface area contributed by atoms with E-state index in [0.29, 0.717) is 13.0 Å². The summed E-state index contributed by atoms with van der Waals surface area (Å²) in [7, 11) is 1.67. The van der Waals surface area contributed by atoms with Gasteiger partial charge in [-0.25, -0.2) is 0 Å². The molecular weight excluding hydrogens is 294 g/mol. The molecule has 0 aliphatic heterocycles. The average molecular weight is 319 g/mol. The molecule has 0 bridgehead atoms. The minimum Gasteiger partial charge on any atom is -0.496 e. The number of para-hydroxylation sites is 1. The maximum Gasteiger partial charge on any atom is 0.303 e. The maximum atomic E-state index is 12.0. The van der Waals surface area contributed by atoms with Crippen LogP contribution in [0.3, 0.4) is 0 Å². The van der Waals surface area contributed by atoms with Crippen molar-refractivity contribution < 1.29 is 19.4 Å². The number of carboxylic acid groups (broad SMARTS) is 1. The van der Waals surface area contributed by atoms with E-state index >= 15 is 0 Å². The van der Waals surface area contributed by atoms with Crippen LogP contribution in [-0.4, -0.2) is 30.6 Å². The van der Waals surface area contributed by atoms with E-state index in [9.17, 15) is 9.59 Å². The predicted octanol–water partition coefficient (Wildman–Crippen LogP) is 2.88. The van der Waals surface area contributed by atoms with Gasteiger partial charge in [-0.15, -0.1) is 0 Å². The number of ether oxygens (including phenoxy) is 1. The Bertz CT molecular complexity index is 550. The molecule has 2 N–H and O–H groups in total. The van der Waals surface area contributed by atoms with Gasteiger partial charge in [-0.1, -0.05) is 31.0 Å². The summed E-state index contributed by atoms with van der Waals surface area (Å²) in [6.45, 7) is 0.583. The lowest BCUT2D eigenvalue weighted by Crippen LogP contribution is -2.39. The number of carbonyl (C=O) groups is 2. The molecule has 126 valence electrons. The van der Waals surface area contributed by atoms with Crippen LogP contribution in [0, 0.1) is 0 Å². The summed E-state index contributed by atoms with van der Waals surface area (Å²) in [5.74, 6) is -0.0685. The van der Waals surface area contributed by atoms with Crippen molar-refractivity contribution in [3.05, 3.63) is 29.8 Å². The van der Waals surface area contributed by atoms with E-state index in [2.05, 4.69) is 11.4 Å². The maximum absolute atomic E-state index is 12.0. The Labute approximate surface area is 137 Å². The van der Waals surface area contributed by atoms with Crippen LogP contribution in [0.1, 0.15) is 50.5 Å². The standard InChI is InChI=1S/C18H25NO4/c1-23-15-8-3-2-7-14(15)18(11-4-5-12-18)13-19-16(20)9-6-10-17(21)22/h2-3,7-8H,4-6,9-13H2,1H3,(H,19,20)(H,21,22). The predicted molar refractivity (Wildman–Crippen MR) is 87.6 cm³/mol. The number of amides is 1. The topological polar surface area (TPSA) is 75.6 Å². The minimum absolute atomic E-state index is 0.0328. The molecule has 0 atom stereocenters. The van der Waals surface area contributed by atoms with Gasteiger partial charge >= 0.3 is 5.97 Å². The van der Waals surface area contributed by atoms with Crippen molar-refractivity contribution in [1.29, 1.82) is 0 Å². The molecule has 0 saturated heterocycles. The van der Waals surface area contributed by atoms with Gasteiger partial charge in [0.25, 0.3) is 0 Å². The molecule has 1 aromatic rings. The fraction of sp³-hybridized carbons (Fsp3) is 0.556. The van der Waals surface area contributed by atoms with Gasteiger partial charge in [0.1, 0.15) is 5.75 Å². The number of rotatable bonds is 8. The van der Waals surface area contributed by atoms with Gasteiger partial charge < -0.3 is 15.2 Å². The molecule has 0 heterocycles. The third kappa shape index (κ3) is 4.47. The van der Waals surface area contributed by atoms with E-state index in [1.807, 2.05) is 18.2 Å². The van der Waals surface area contributed by atoms with Crippen LogP contribution in [0.4, 0.5) is 0 Å². The van der Waals surface area contributed by atoms with E-state index in [4.69, 9.17) is 9.84 Å². The number of hydrogen-bond donors (Lipinski definition) is 2. The second-order valence-electron chi connectivity index (χ2n) is 6.21. The number of methoxy groups -OCH3 is 1. The van der Waals surface area contributed by atoms with Gasteiger partial charge in [0.2, 0.25) is 5.91 Å². The summed E-state index contributed by atoms with van der Waals surface area (Å²) in [6, 6.07) is 8.01. The monoisotopic (exact) mass is 319 g/mol. The first-order valence-electron chi connectivity index (χ1n) is 8.19. The molecule has 1 aliphatic carbocycles. The highest BCUT2D eigenvalue weighted by atomic mass is 16.5. The zero-order valence-corrected chi connectivity index (χ0v) is 13.6. The summed E-state index contributed by atoms with van der Waals surface area (Å²) in [5, 5.41) is 11.6. The Hall–Kier alpha value is -2.04. The molecule has 2 rings (SSSR count). The number of carboxylic acids is 1. The van der Waals surface area contributed by atoms with Crippen molar-refractivity contribution in [2.75, 3.05) is 13.7 Å². The normalized spacial score (nSPS) is 16.0. The first kappa shape index (κ1) is 17.3. The lowest BCUT2D eigenvalue weighted by atomic mass is 9.78. The average Bonchev–Trinajstić information content (AvgIpc) is 3.02. The number of carbonyl (C=O) groups excluding carboxylic acids is 1. The van der Waals surface area contributed by atoms with Crippen LogP contribution in [0.25, 0.3) is 0 Å². The van der Waals surface area contributed by atoms with Crippen LogP contribution >= 0.6 is 0 Å². The molecule has 1 fully saturated rings. The SMILES string of the molecule is COc1ccccc1C1(CNC(=O)CCCC(=O)O)CCCC1. The summed E-state index contributed by atoms with van der Waals surface area (Å²) >= 11 is 0. The number of aliphatic carboxylic acids is 1. The zero-order valence-electron chi connectivity index (χ0n) is 13.6. The summed E-state index contributed by atoms with van der Waals surface area (Å²) < 4.78 is 5.50. The molecular formula is C18H25NO4. The Morgan fingerprint density at radius 3 is 2.57 bits per heavy atom. The highest BCUT2D eigenvalue weighted by molar-refractivity contribution is 5.76. The molecule has 1 saturated carbocycles. The fourth-order valence-corrected chi connectivity index (χ4v) is 3.43. The van der Waals surface area contributed by atoms with E-state index < -0.39 is 5.97 Å². The smallest absolute Gasteiger partial charge is 0.303 e. The van der Waals surface area contributed by atoms with Crippen molar-refractivity contribution in [1.82, 2.24) is 5.32 Å². The number of benzene rings is 1. The van der Waals surface area contributed by atoms with Gasteiger partial charge in [0, 0.05) is 30.4 Å². The van der Waals surface area contributed by atoms with Crippen molar-refractivity contribution in [3.63, 3.8) is 0 Å². The lowest BCUT2D eigenvalue weighted by Gasteiger charge is -2.31. The second-order valence-corrected chi connectivity index (χ2v) is 6.21. The van der Waals surface area contributed by atoms with Gasteiger partial charge in [-0.3, -0.25) is 9.59 Å². The lowest BCUT2D eigenvalue weighted by molar-refractivity contribution is -0.137. The van der Waals surface area contributed by atoms with Gasteiger partial charge in [-0.2, -0.15) is 0 Å². The van der Waals surface area contributed by atoms with Crippen molar-refractivity contribution in [3.8, 4) is 5.75 Å². The Morgan fingerprint density at radius 2 is 1.91 bits per heavy atom. The molecule has 0 spiro atoms. The van der Waals surface area contributed by atoms with Crippen LogP contribution < -0.4 is 10.1 Å². The van der Waals surface area contributed by atoms with E-state index in [0.717, 1.165) is 37.0 Å². The van der Waals surface area contributed by atoms with Crippen LogP contribution in [0.2, 0.25) is 0 Å². The Kier molecular flexibility index (Phi) is 6.02. The van der Waals surface area contributed by atoms with Crippen molar-refractivity contribution in [2.45, 2.75) is 50.4 Å². The van der Waals surface area contributed by atoms with Gasteiger partial charge in [0.05, 0.1) is 7.11 Å². The highest BCUT2D eigenvalue weighted by Crippen LogP contribution is 2.44. The van der Waals surface area contributed by atoms with E-state index in [1.54, 1.807) is 7.11 Å². The molecule has 23 heavy (non-hydrogen) atoms. The zero-order chi connectivity index (χ0) is 16.7. The molecule has 0 unspecified atom stereocenters. The van der Waals surface area contributed by atoms with Crippen molar-refractivity contribution >= 4 is 11.9 Å². The largest absolute Gasteiger partial charge is 0.496 e. The highest BCUT2D eigenvalue weighted by Gasteiger charge is 2.37. The van der Waals surface area contributed by atoms with Crippen LogP contribution in [0.15, 0.2) is 24.3 Å². The third-order valence-electron chi connectivity index (χ3n) is 4.66. The molecule has 5 heteroatoms. The van der Waals surface area contributed by atoms with Crippen molar-refractivity contribution in [2.24, 2.45) is 0 Å². The molecule has 1 amide bonds. The molecule has 1 aromatic carbocycles. The second kappa shape index (κ2) is 7.99. The quantitative estimate of drug-likeness (QED) is 0.772. The van der Waals surface area contributed by atoms with Crippen LogP contribution in [0.5, 0.6) is 5.75 Å². The molecule has 0 aromatic heterocycles. The Morgan fingerprint density at radius 1 is 1.22 bits per heavy atom. The molecule has 1 aliphatic rings. The summed E-state index contributed by atoms with van der Waals surface area (Å²) in [5.41, 5.74) is 1.08. The molecule has 0 radical (unpaired) electrons. The number of nitrogens with one attached hydrogen (secondary N) is 1. The molecule has 5 nitrogen and oxygen atoms in total. The third-order valence-corrected chi connectivity index (χ3v) is 4.66. The summed E-state index contributed by atoms with van der Waals surface area (Å²) in [4.78, 5) is 22.5. The van der Waals surface area contributed by atoms with Gasteiger partial charge in [0.15, 0.2) is 0 Å². The summed E-state index contributed by atoms with van der Waals surface area (Å²) in [6.07, 6.45) is 5.02. The van der Waals surface area contributed by atoms with E-state index in [1.165, 1.54) is 0 Å². The minimum atomic E-state index is -0.862. The first-order valence-corrected chi connectivity index (χ1v) is 8.19.